The minimum Gasteiger partial charge on any atom is -0.347 e. The second kappa shape index (κ2) is 8.96. The van der Waals surface area contributed by atoms with Crippen molar-refractivity contribution < 1.29 is 4.79 Å². The molecule has 148 valence electrons. The fraction of sp³-hybridized carbons (Fsp3) is 0.0833. The lowest BCUT2D eigenvalue weighted by atomic mass is 10.2. The summed E-state index contributed by atoms with van der Waals surface area (Å²) in [5.41, 5.74) is 3.11. The molecule has 30 heavy (non-hydrogen) atoms. The molecule has 2 heterocycles. The maximum atomic E-state index is 12.9. The SMILES string of the molecule is CN(c1ccccc1)c1cc(C(=O)NCc2ccncc2)nc(-c2ccccc2)n1. The zero-order chi connectivity index (χ0) is 20.8. The summed E-state index contributed by atoms with van der Waals surface area (Å²) in [5, 5.41) is 2.92. The van der Waals surface area contributed by atoms with E-state index in [0.29, 0.717) is 23.9 Å². The predicted octanol–water partition coefficient (Wildman–Crippen LogP) is 4.24. The Kier molecular flexibility index (Phi) is 5.75. The molecular formula is C24H21N5O. The molecule has 0 aliphatic heterocycles. The fourth-order valence-electron chi connectivity index (χ4n) is 3.00. The van der Waals surface area contributed by atoms with Gasteiger partial charge in [0.1, 0.15) is 11.5 Å². The number of carbonyl (C=O) groups excluding carboxylic acids is 1. The highest BCUT2D eigenvalue weighted by Gasteiger charge is 2.16. The highest BCUT2D eigenvalue weighted by atomic mass is 16.1. The molecule has 2 aromatic heterocycles. The van der Waals surface area contributed by atoms with Crippen molar-refractivity contribution in [2.45, 2.75) is 6.54 Å². The van der Waals surface area contributed by atoms with Crippen LogP contribution in [0.15, 0.2) is 91.3 Å². The molecule has 0 saturated carbocycles. The second-order valence-electron chi connectivity index (χ2n) is 6.73. The summed E-state index contributed by atoms with van der Waals surface area (Å²) in [5.74, 6) is 0.892. The van der Waals surface area contributed by atoms with Crippen molar-refractivity contribution in [2.24, 2.45) is 0 Å². The molecule has 6 nitrogen and oxygen atoms in total. The van der Waals surface area contributed by atoms with Gasteiger partial charge in [0.15, 0.2) is 5.82 Å². The molecule has 0 radical (unpaired) electrons. The zero-order valence-corrected chi connectivity index (χ0v) is 16.6. The fourth-order valence-corrected chi connectivity index (χ4v) is 3.00. The maximum absolute atomic E-state index is 12.9. The van der Waals surface area contributed by atoms with Gasteiger partial charge in [-0.05, 0) is 29.8 Å². The topological polar surface area (TPSA) is 71.0 Å². The van der Waals surface area contributed by atoms with Gasteiger partial charge in [-0.2, -0.15) is 0 Å². The third-order valence-corrected chi connectivity index (χ3v) is 4.67. The summed E-state index contributed by atoms with van der Waals surface area (Å²) in [6, 6.07) is 25.0. The molecule has 6 heteroatoms. The number of amides is 1. The quantitative estimate of drug-likeness (QED) is 0.529. The van der Waals surface area contributed by atoms with Crippen molar-refractivity contribution in [3.8, 4) is 11.4 Å². The molecule has 0 saturated heterocycles. The smallest absolute Gasteiger partial charge is 0.270 e. The van der Waals surface area contributed by atoms with E-state index < -0.39 is 0 Å². The number of pyridine rings is 1. The van der Waals surface area contributed by atoms with Gasteiger partial charge in [-0.25, -0.2) is 9.97 Å². The number of para-hydroxylation sites is 1. The minimum atomic E-state index is -0.255. The molecule has 0 bridgehead atoms. The average Bonchev–Trinajstić information content (AvgIpc) is 2.83. The molecule has 0 fully saturated rings. The lowest BCUT2D eigenvalue weighted by molar-refractivity contribution is 0.0946. The highest BCUT2D eigenvalue weighted by molar-refractivity contribution is 5.93. The Morgan fingerprint density at radius 3 is 2.27 bits per heavy atom. The van der Waals surface area contributed by atoms with Gasteiger partial charge in [0, 0.05) is 43.3 Å². The average molecular weight is 395 g/mol. The van der Waals surface area contributed by atoms with Crippen LogP contribution in [-0.4, -0.2) is 27.9 Å². The molecule has 0 unspecified atom stereocenters. The molecule has 4 rings (SSSR count). The molecule has 4 aromatic rings. The Bertz CT molecular complexity index is 1120. The first kappa shape index (κ1) is 19.3. The summed E-state index contributed by atoms with van der Waals surface area (Å²) in [7, 11) is 1.92. The van der Waals surface area contributed by atoms with Crippen molar-refractivity contribution in [1.82, 2.24) is 20.3 Å². The van der Waals surface area contributed by atoms with Gasteiger partial charge in [-0.15, -0.1) is 0 Å². The number of hydrogen-bond donors (Lipinski definition) is 1. The predicted molar refractivity (Wildman–Crippen MR) is 117 cm³/mol. The van der Waals surface area contributed by atoms with Crippen molar-refractivity contribution in [2.75, 3.05) is 11.9 Å². The Labute approximate surface area is 175 Å². The number of nitrogens with one attached hydrogen (secondary N) is 1. The molecular weight excluding hydrogens is 374 g/mol. The first-order valence-electron chi connectivity index (χ1n) is 9.61. The van der Waals surface area contributed by atoms with Crippen molar-refractivity contribution >= 4 is 17.4 Å². The molecule has 1 amide bonds. The van der Waals surface area contributed by atoms with E-state index in [1.165, 1.54) is 0 Å². The lowest BCUT2D eigenvalue weighted by Crippen LogP contribution is -2.25. The number of carbonyl (C=O) groups is 1. The van der Waals surface area contributed by atoms with Gasteiger partial charge in [-0.3, -0.25) is 9.78 Å². The van der Waals surface area contributed by atoms with E-state index in [2.05, 4.69) is 15.3 Å². The van der Waals surface area contributed by atoms with Crippen LogP contribution in [0.2, 0.25) is 0 Å². The van der Waals surface area contributed by atoms with Crippen LogP contribution < -0.4 is 10.2 Å². The summed E-state index contributed by atoms with van der Waals surface area (Å²) in [4.78, 5) is 28.0. The van der Waals surface area contributed by atoms with Gasteiger partial charge >= 0.3 is 0 Å². The van der Waals surface area contributed by atoms with E-state index in [1.807, 2.05) is 84.7 Å². The Balaban J connectivity index is 1.67. The van der Waals surface area contributed by atoms with Crippen molar-refractivity contribution in [3.63, 3.8) is 0 Å². The van der Waals surface area contributed by atoms with Crippen LogP contribution in [-0.2, 0) is 6.54 Å². The lowest BCUT2D eigenvalue weighted by Gasteiger charge is -2.19. The van der Waals surface area contributed by atoms with E-state index in [1.54, 1.807) is 18.5 Å². The van der Waals surface area contributed by atoms with E-state index >= 15 is 0 Å². The number of anilines is 2. The summed E-state index contributed by atoms with van der Waals surface area (Å²) >= 11 is 0. The van der Waals surface area contributed by atoms with Crippen LogP contribution in [0.1, 0.15) is 16.1 Å². The third kappa shape index (κ3) is 4.50. The van der Waals surface area contributed by atoms with Gasteiger partial charge in [-0.1, -0.05) is 48.5 Å². The summed E-state index contributed by atoms with van der Waals surface area (Å²) in [6.07, 6.45) is 3.40. The van der Waals surface area contributed by atoms with Crippen molar-refractivity contribution in [3.05, 3.63) is 103 Å². The van der Waals surface area contributed by atoms with E-state index in [9.17, 15) is 4.79 Å². The normalized spacial score (nSPS) is 10.4. The molecule has 1 N–H and O–H groups in total. The number of hydrogen-bond acceptors (Lipinski definition) is 5. The molecule has 0 aliphatic carbocycles. The highest BCUT2D eigenvalue weighted by Crippen LogP contribution is 2.25. The van der Waals surface area contributed by atoms with Crippen LogP contribution in [0.5, 0.6) is 0 Å². The van der Waals surface area contributed by atoms with Gasteiger partial charge in [0.2, 0.25) is 0 Å². The van der Waals surface area contributed by atoms with Crippen LogP contribution in [0, 0.1) is 0 Å². The maximum Gasteiger partial charge on any atom is 0.270 e. The van der Waals surface area contributed by atoms with Gasteiger partial charge < -0.3 is 10.2 Å². The molecule has 0 atom stereocenters. The number of nitrogens with zero attached hydrogens (tertiary/aromatic N) is 4. The zero-order valence-electron chi connectivity index (χ0n) is 16.6. The minimum absolute atomic E-state index is 0.255. The third-order valence-electron chi connectivity index (χ3n) is 4.67. The molecule has 2 aromatic carbocycles. The number of rotatable bonds is 6. The first-order chi connectivity index (χ1) is 14.7. The van der Waals surface area contributed by atoms with Crippen LogP contribution >= 0.6 is 0 Å². The van der Waals surface area contributed by atoms with Crippen LogP contribution in [0.25, 0.3) is 11.4 Å². The molecule has 0 spiro atoms. The van der Waals surface area contributed by atoms with E-state index in [4.69, 9.17) is 4.98 Å². The second-order valence-corrected chi connectivity index (χ2v) is 6.73. The van der Waals surface area contributed by atoms with Crippen LogP contribution in [0.3, 0.4) is 0 Å². The molecule has 0 aliphatic rings. The Morgan fingerprint density at radius 2 is 1.57 bits per heavy atom. The van der Waals surface area contributed by atoms with Crippen molar-refractivity contribution in [1.29, 1.82) is 0 Å². The Morgan fingerprint density at radius 1 is 0.900 bits per heavy atom. The largest absolute Gasteiger partial charge is 0.347 e. The summed E-state index contributed by atoms with van der Waals surface area (Å²) in [6.45, 7) is 0.399. The number of benzene rings is 2. The van der Waals surface area contributed by atoms with E-state index in [0.717, 1.165) is 16.8 Å². The number of aromatic nitrogens is 3. The first-order valence-corrected chi connectivity index (χ1v) is 9.61. The van der Waals surface area contributed by atoms with Gasteiger partial charge in [0.05, 0.1) is 0 Å². The van der Waals surface area contributed by atoms with Crippen LogP contribution in [0.4, 0.5) is 11.5 Å². The monoisotopic (exact) mass is 395 g/mol. The standard InChI is InChI=1S/C24H21N5O/c1-29(20-10-6-3-7-11-20)22-16-21(24(30)26-17-18-12-14-25-15-13-18)27-23(28-22)19-8-4-2-5-9-19/h2-16H,17H2,1H3,(H,26,30). The van der Waals surface area contributed by atoms with E-state index in [-0.39, 0.29) is 5.91 Å². The summed E-state index contributed by atoms with van der Waals surface area (Å²) < 4.78 is 0. The van der Waals surface area contributed by atoms with Gasteiger partial charge in [0.25, 0.3) is 5.91 Å². The Hall–Kier alpha value is -4.06.